The van der Waals surface area contributed by atoms with Crippen LogP contribution in [0.3, 0.4) is 0 Å². The number of rotatable bonds is 20. The van der Waals surface area contributed by atoms with Crippen molar-refractivity contribution in [2.45, 2.75) is 71.3 Å². The lowest BCUT2D eigenvalue weighted by atomic mass is 10.0. The quantitative estimate of drug-likeness (QED) is 0.0693. The number of amides is 4. The Morgan fingerprint density at radius 1 is 0.646 bits per heavy atom. The van der Waals surface area contributed by atoms with Crippen LogP contribution in [0.5, 0.6) is 0 Å². The molecule has 0 unspecified atom stereocenters. The zero-order valence-electron chi connectivity index (χ0n) is 27.3. The fourth-order valence-electron chi connectivity index (χ4n) is 4.35. The van der Waals surface area contributed by atoms with Crippen molar-refractivity contribution >= 4 is 41.5 Å². The standard InChI is InChI=1S/C34H44N4O10/c1-24(39)46-22-31(42)35-19-8-13-29(37-32(43)23-47-25(2)40)34(45)36-20-18-33(44)48-38-30(41)21-28-16-14-27(15-17-28)12-7-6-11-26-9-4-3-5-10-26/h3-5,9-10,14-17,29H,6-8,11-13,18-23H2,1-2H3,(H,35,42)(H,36,45)(H,37,43)(H,38,41)/t29-/m0/s1. The number of nitrogens with one attached hydrogen (secondary N) is 4. The van der Waals surface area contributed by atoms with Crippen molar-refractivity contribution in [3.8, 4) is 0 Å². The summed E-state index contributed by atoms with van der Waals surface area (Å²) in [5.41, 5.74) is 5.37. The highest BCUT2D eigenvalue weighted by Crippen LogP contribution is 2.11. The molecule has 0 aliphatic carbocycles. The molecule has 14 nitrogen and oxygen atoms in total. The summed E-state index contributed by atoms with van der Waals surface area (Å²) in [5, 5.41) is 7.46. The summed E-state index contributed by atoms with van der Waals surface area (Å²) >= 11 is 0. The highest BCUT2D eigenvalue weighted by molar-refractivity contribution is 5.89. The zero-order valence-corrected chi connectivity index (χ0v) is 27.3. The second-order valence-corrected chi connectivity index (χ2v) is 10.9. The lowest BCUT2D eigenvalue weighted by molar-refractivity contribution is -0.158. The van der Waals surface area contributed by atoms with Gasteiger partial charge in [-0.05, 0) is 55.2 Å². The maximum atomic E-state index is 12.7. The molecule has 0 bridgehead atoms. The van der Waals surface area contributed by atoms with Crippen LogP contribution in [-0.2, 0) is 67.1 Å². The number of unbranched alkanes of at least 4 members (excludes halogenated alkanes) is 1. The van der Waals surface area contributed by atoms with E-state index in [1.54, 1.807) is 0 Å². The van der Waals surface area contributed by atoms with Crippen LogP contribution in [0.25, 0.3) is 0 Å². The lowest BCUT2D eigenvalue weighted by Crippen LogP contribution is -2.48. The fraction of sp³-hybridized carbons (Fsp3) is 0.441. The number of carbonyl (C=O) groups is 7. The fourth-order valence-corrected chi connectivity index (χ4v) is 4.35. The first-order valence-corrected chi connectivity index (χ1v) is 15.7. The third-order valence-electron chi connectivity index (χ3n) is 6.77. The average Bonchev–Trinajstić information content (AvgIpc) is 3.06. The first-order valence-electron chi connectivity index (χ1n) is 15.7. The molecule has 0 saturated carbocycles. The van der Waals surface area contributed by atoms with Gasteiger partial charge in [-0.15, -0.1) is 0 Å². The minimum atomic E-state index is -1.07. The molecule has 2 aromatic carbocycles. The second-order valence-electron chi connectivity index (χ2n) is 10.9. The molecule has 4 amide bonds. The van der Waals surface area contributed by atoms with Gasteiger partial charge in [-0.25, -0.2) is 4.79 Å². The summed E-state index contributed by atoms with van der Waals surface area (Å²) in [4.78, 5) is 87.6. The summed E-state index contributed by atoms with van der Waals surface area (Å²) in [6, 6.07) is 16.9. The molecule has 48 heavy (non-hydrogen) atoms. The highest BCUT2D eigenvalue weighted by atomic mass is 16.7. The van der Waals surface area contributed by atoms with Crippen LogP contribution in [0.15, 0.2) is 54.6 Å². The number of benzene rings is 2. The normalized spacial score (nSPS) is 11.0. The van der Waals surface area contributed by atoms with E-state index in [-0.39, 0.29) is 38.8 Å². The molecule has 4 N–H and O–H groups in total. The Morgan fingerprint density at radius 3 is 1.85 bits per heavy atom. The molecule has 0 spiro atoms. The predicted octanol–water partition coefficient (Wildman–Crippen LogP) is 1.38. The van der Waals surface area contributed by atoms with E-state index in [1.165, 1.54) is 18.1 Å². The molecule has 260 valence electrons. The number of aryl methyl sites for hydroxylation is 2. The molecular weight excluding hydrogens is 624 g/mol. The van der Waals surface area contributed by atoms with Crippen molar-refractivity contribution in [2.24, 2.45) is 0 Å². The van der Waals surface area contributed by atoms with Gasteiger partial charge in [-0.3, -0.25) is 28.8 Å². The van der Waals surface area contributed by atoms with E-state index >= 15 is 0 Å². The smallest absolute Gasteiger partial charge is 0.334 e. The van der Waals surface area contributed by atoms with Gasteiger partial charge in [0.15, 0.2) is 13.2 Å². The average molecular weight is 669 g/mol. The molecule has 2 rings (SSSR count). The van der Waals surface area contributed by atoms with Crippen LogP contribution in [-0.4, -0.2) is 73.9 Å². The predicted molar refractivity (Wildman–Crippen MR) is 173 cm³/mol. The highest BCUT2D eigenvalue weighted by Gasteiger charge is 2.21. The van der Waals surface area contributed by atoms with Crippen molar-refractivity contribution in [3.05, 3.63) is 71.3 Å². The van der Waals surface area contributed by atoms with Gasteiger partial charge in [0.25, 0.3) is 17.7 Å². The van der Waals surface area contributed by atoms with Crippen molar-refractivity contribution < 1.29 is 47.9 Å². The van der Waals surface area contributed by atoms with Crippen molar-refractivity contribution in [1.29, 1.82) is 0 Å². The summed E-state index contributed by atoms with van der Waals surface area (Å²) < 4.78 is 9.24. The van der Waals surface area contributed by atoms with Crippen molar-refractivity contribution in [2.75, 3.05) is 26.3 Å². The van der Waals surface area contributed by atoms with E-state index in [4.69, 9.17) is 4.84 Å². The van der Waals surface area contributed by atoms with Gasteiger partial charge >= 0.3 is 17.9 Å². The van der Waals surface area contributed by atoms with Gasteiger partial charge in [0.1, 0.15) is 6.04 Å². The van der Waals surface area contributed by atoms with E-state index in [0.29, 0.717) is 0 Å². The molecule has 1 atom stereocenters. The van der Waals surface area contributed by atoms with Crippen LogP contribution < -0.4 is 21.4 Å². The van der Waals surface area contributed by atoms with E-state index in [9.17, 15) is 33.6 Å². The minimum Gasteiger partial charge on any atom is -0.456 e. The Kier molecular flexibility index (Phi) is 18.1. The number of hydroxylamine groups is 1. The van der Waals surface area contributed by atoms with Crippen LogP contribution in [0, 0.1) is 0 Å². The van der Waals surface area contributed by atoms with Crippen LogP contribution in [0.2, 0.25) is 0 Å². The summed E-state index contributed by atoms with van der Waals surface area (Å²) in [5.74, 6) is -4.47. The molecule has 0 aromatic heterocycles. The monoisotopic (exact) mass is 668 g/mol. The van der Waals surface area contributed by atoms with Gasteiger partial charge < -0.3 is 30.3 Å². The Balaban J connectivity index is 1.69. The number of hydrogen-bond acceptors (Lipinski definition) is 10. The van der Waals surface area contributed by atoms with Gasteiger partial charge in [-0.1, -0.05) is 54.6 Å². The molecule has 2 aromatic rings. The summed E-state index contributed by atoms with van der Waals surface area (Å²) in [7, 11) is 0. The van der Waals surface area contributed by atoms with E-state index in [0.717, 1.165) is 38.2 Å². The number of carbonyl (C=O) groups excluding carboxylic acids is 7. The van der Waals surface area contributed by atoms with Crippen molar-refractivity contribution in [3.63, 3.8) is 0 Å². The van der Waals surface area contributed by atoms with E-state index in [1.807, 2.05) is 42.5 Å². The zero-order chi connectivity index (χ0) is 35.1. The third kappa shape index (κ3) is 18.0. The molecule has 0 radical (unpaired) electrons. The van der Waals surface area contributed by atoms with Gasteiger partial charge in [0, 0.05) is 26.9 Å². The Bertz CT molecular complexity index is 1370. The Labute approximate surface area is 279 Å². The number of esters is 2. The summed E-state index contributed by atoms with van der Waals surface area (Å²) in [6.45, 7) is 1.22. The molecule has 0 fully saturated rings. The topological polar surface area (TPSA) is 195 Å². The largest absolute Gasteiger partial charge is 0.456 e. The van der Waals surface area contributed by atoms with E-state index in [2.05, 4.69) is 43.0 Å². The molecule has 14 heteroatoms. The van der Waals surface area contributed by atoms with E-state index < -0.39 is 60.8 Å². The summed E-state index contributed by atoms with van der Waals surface area (Å²) in [6.07, 6.45) is 4.18. The van der Waals surface area contributed by atoms with Crippen LogP contribution in [0.1, 0.15) is 62.6 Å². The van der Waals surface area contributed by atoms with Gasteiger partial charge in [0.2, 0.25) is 5.91 Å². The first-order chi connectivity index (χ1) is 23.0. The minimum absolute atomic E-state index is 0.0111. The van der Waals surface area contributed by atoms with Crippen LogP contribution >= 0.6 is 0 Å². The van der Waals surface area contributed by atoms with Crippen LogP contribution in [0.4, 0.5) is 0 Å². The lowest BCUT2D eigenvalue weighted by Gasteiger charge is -2.18. The maximum Gasteiger partial charge on any atom is 0.334 e. The molecular formula is C34H44N4O10. The maximum absolute atomic E-state index is 12.7. The second kappa shape index (κ2) is 22.3. The Hall–Kier alpha value is -5.27. The van der Waals surface area contributed by atoms with Gasteiger partial charge in [-0.2, -0.15) is 5.48 Å². The third-order valence-corrected chi connectivity index (χ3v) is 6.77. The molecule has 0 aliphatic rings. The van der Waals surface area contributed by atoms with Crippen molar-refractivity contribution in [1.82, 2.24) is 21.4 Å². The molecule has 0 heterocycles. The Morgan fingerprint density at radius 2 is 1.23 bits per heavy atom. The molecule has 0 saturated heterocycles. The number of hydrogen-bond donors (Lipinski definition) is 4. The van der Waals surface area contributed by atoms with Gasteiger partial charge in [0.05, 0.1) is 12.8 Å². The molecule has 0 aliphatic heterocycles. The number of ether oxygens (including phenoxy) is 2. The SMILES string of the molecule is CC(=O)OCC(=O)NCCC[C@H](NC(=O)COC(C)=O)C(=O)NCCC(=O)ONC(=O)Cc1ccc(CCCCc2ccccc2)cc1. The first kappa shape index (κ1) is 38.9.